The van der Waals surface area contributed by atoms with Gasteiger partial charge in [0.15, 0.2) is 0 Å². The molecule has 0 aliphatic carbocycles. The van der Waals surface area contributed by atoms with Gasteiger partial charge in [-0.2, -0.15) is 4.98 Å². The molecule has 1 aromatic carbocycles. The molecular formula is C14H18N4. The third kappa shape index (κ3) is 1.88. The molecular weight excluding hydrogens is 224 g/mol. The van der Waals surface area contributed by atoms with Crippen molar-refractivity contribution >= 4 is 22.7 Å². The van der Waals surface area contributed by atoms with Gasteiger partial charge in [0, 0.05) is 18.5 Å². The van der Waals surface area contributed by atoms with E-state index >= 15 is 0 Å². The average Bonchev–Trinajstić information content (AvgIpc) is 2.68. The smallest absolute Gasteiger partial charge is 0.222 e. The predicted molar refractivity (Wildman–Crippen MR) is 74.6 cm³/mol. The zero-order valence-corrected chi connectivity index (χ0v) is 10.8. The summed E-state index contributed by atoms with van der Waals surface area (Å²) in [7, 11) is 0. The van der Waals surface area contributed by atoms with E-state index in [0.29, 0.717) is 11.4 Å². The van der Waals surface area contributed by atoms with Crippen LogP contribution in [0, 0.1) is 5.41 Å². The van der Waals surface area contributed by atoms with Crippen LogP contribution in [0.5, 0.6) is 0 Å². The second-order valence-corrected chi connectivity index (χ2v) is 5.76. The Kier molecular flexibility index (Phi) is 2.40. The van der Waals surface area contributed by atoms with Gasteiger partial charge in [0.25, 0.3) is 0 Å². The van der Waals surface area contributed by atoms with Crippen molar-refractivity contribution < 1.29 is 0 Å². The highest BCUT2D eigenvalue weighted by atomic mass is 15.2. The minimum atomic E-state index is 0.348. The largest absolute Gasteiger partial charge is 0.368 e. The Morgan fingerprint density at radius 3 is 2.72 bits per heavy atom. The predicted octanol–water partition coefficient (Wildman–Crippen LogP) is 2.45. The van der Waals surface area contributed by atoms with Crippen LogP contribution >= 0.6 is 0 Å². The van der Waals surface area contributed by atoms with Crippen LogP contribution in [-0.4, -0.2) is 23.1 Å². The summed E-state index contributed by atoms with van der Waals surface area (Å²) in [5, 5.41) is 1.09. The zero-order chi connectivity index (χ0) is 12.8. The van der Waals surface area contributed by atoms with E-state index in [-0.39, 0.29) is 0 Å². The van der Waals surface area contributed by atoms with E-state index in [0.717, 1.165) is 29.8 Å². The molecule has 2 aromatic rings. The standard InChI is InChI=1S/C14H18N4/c1-14(2)7-8-18(9-14)12-10-5-3-4-6-11(10)16-13(15)17-12/h3-6H,7-9H2,1-2H3,(H2,15,16,17). The number of para-hydroxylation sites is 1. The maximum atomic E-state index is 5.81. The Bertz CT molecular complexity index is 591. The van der Waals surface area contributed by atoms with Crippen molar-refractivity contribution in [3.63, 3.8) is 0 Å². The number of aromatic nitrogens is 2. The first-order chi connectivity index (χ1) is 8.55. The lowest BCUT2D eigenvalue weighted by molar-refractivity contribution is 0.418. The number of nitrogen functional groups attached to an aromatic ring is 1. The van der Waals surface area contributed by atoms with Crippen molar-refractivity contribution in [3.05, 3.63) is 24.3 Å². The lowest BCUT2D eigenvalue weighted by Gasteiger charge is -2.22. The summed E-state index contributed by atoms with van der Waals surface area (Å²) in [6.07, 6.45) is 1.19. The summed E-state index contributed by atoms with van der Waals surface area (Å²) in [4.78, 5) is 11.0. The fraction of sp³-hybridized carbons (Fsp3) is 0.429. The molecule has 4 heteroatoms. The molecule has 0 radical (unpaired) electrons. The van der Waals surface area contributed by atoms with Gasteiger partial charge < -0.3 is 10.6 Å². The number of hydrogen-bond acceptors (Lipinski definition) is 4. The highest BCUT2D eigenvalue weighted by molar-refractivity contribution is 5.90. The molecule has 0 unspecified atom stereocenters. The van der Waals surface area contributed by atoms with Crippen molar-refractivity contribution in [3.8, 4) is 0 Å². The van der Waals surface area contributed by atoms with Gasteiger partial charge in [0.1, 0.15) is 5.82 Å². The summed E-state index contributed by atoms with van der Waals surface area (Å²) < 4.78 is 0. The molecule has 18 heavy (non-hydrogen) atoms. The quantitative estimate of drug-likeness (QED) is 0.834. The molecule has 94 valence electrons. The van der Waals surface area contributed by atoms with E-state index in [2.05, 4.69) is 34.8 Å². The molecule has 2 N–H and O–H groups in total. The van der Waals surface area contributed by atoms with Gasteiger partial charge in [-0.1, -0.05) is 26.0 Å². The monoisotopic (exact) mass is 242 g/mol. The summed E-state index contributed by atoms with van der Waals surface area (Å²) in [5.41, 5.74) is 7.08. The molecule has 1 aromatic heterocycles. The summed E-state index contributed by atoms with van der Waals surface area (Å²) in [6, 6.07) is 8.05. The van der Waals surface area contributed by atoms with Gasteiger partial charge in [-0.05, 0) is 24.0 Å². The Morgan fingerprint density at radius 1 is 1.22 bits per heavy atom. The van der Waals surface area contributed by atoms with Crippen molar-refractivity contribution in [2.75, 3.05) is 23.7 Å². The van der Waals surface area contributed by atoms with Gasteiger partial charge in [0.2, 0.25) is 5.95 Å². The van der Waals surface area contributed by atoms with Crippen molar-refractivity contribution in [2.45, 2.75) is 20.3 Å². The molecule has 2 heterocycles. The van der Waals surface area contributed by atoms with E-state index in [4.69, 9.17) is 5.73 Å². The topological polar surface area (TPSA) is 55.0 Å². The number of nitrogens with two attached hydrogens (primary N) is 1. The number of anilines is 2. The molecule has 3 rings (SSSR count). The number of fused-ring (bicyclic) bond motifs is 1. The fourth-order valence-electron chi connectivity index (χ4n) is 2.61. The van der Waals surface area contributed by atoms with Gasteiger partial charge in [-0.25, -0.2) is 4.98 Å². The molecule has 1 aliphatic rings. The van der Waals surface area contributed by atoms with E-state index in [9.17, 15) is 0 Å². The second kappa shape index (κ2) is 3.83. The number of benzene rings is 1. The van der Waals surface area contributed by atoms with Crippen LogP contribution in [0.25, 0.3) is 10.9 Å². The lowest BCUT2D eigenvalue weighted by atomic mass is 9.93. The SMILES string of the molecule is CC1(C)CCN(c2nc(N)nc3ccccc23)C1. The Morgan fingerprint density at radius 2 is 2.00 bits per heavy atom. The molecule has 1 fully saturated rings. The number of rotatable bonds is 1. The van der Waals surface area contributed by atoms with E-state index in [1.54, 1.807) is 0 Å². The first-order valence-corrected chi connectivity index (χ1v) is 6.32. The van der Waals surface area contributed by atoms with Crippen LogP contribution in [0.15, 0.2) is 24.3 Å². The molecule has 4 nitrogen and oxygen atoms in total. The molecule has 0 atom stereocenters. The average molecular weight is 242 g/mol. The first-order valence-electron chi connectivity index (χ1n) is 6.32. The summed E-state index contributed by atoms with van der Waals surface area (Å²) in [6.45, 7) is 6.64. The minimum Gasteiger partial charge on any atom is -0.368 e. The van der Waals surface area contributed by atoms with E-state index in [1.165, 1.54) is 6.42 Å². The van der Waals surface area contributed by atoms with Crippen LogP contribution in [0.4, 0.5) is 11.8 Å². The Hall–Kier alpha value is -1.84. The summed E-state index contributed by atoms with van der Waals surface area (Å²) in [5.74, 6) is 1.33. The molecule has 0 saturated carbocycles. The number of nitrogens with zero attached hydrogens (tertiary/aromatic N) is 3. The fourth-order valence-corrected chi connectivity index (χ4v) is 2.61. The van der Waals surface area contributed by atoms with E-state index in [1.807, 2.05) is 18.2 Å². The maximum absolute atomic E-state index is 5.81. The van der Waals surface area contributed by atoms with Gasteiger partial charge in [-0.3, -0.25) is 0 Å². The molecule has 1 saturated heterocycles. The number of hydrogen-bond donors (Lipinski definition) is 1. The highest BCUT2D eigenvalue weighted by Crippen LogP contribution is 2.34. The van der Waals surface area contributed by atoms with Crippen LogP contribution in [0.1, 0.15) is 20.3 Å². The second-order valence-electron chi connectivity index (χ2n) is 5.76. The van der Waals surface area contributed by atoms with Crippen molar-refractivity contribution in [2.24, 2.45) is 5.41 Å². The van der Waals surface area contributed by atoms with Crippen LogP contribution < -0.4 is 10.6 Å². The van der Waals surface area contributed by atoms with Crippen molar-refractivity contribution in [1.29, 1.82) is 0 Å². The molecule has 1 aliphatic heterocycles. The van der Waals surface area contributed by atoms with Gasteiger partial charge in [0.05, 0.1) is 5.52 Å². The third-order valence-corrected chi connectivity index (χ3v) is 3.58. The molecule has 0 bridgehead atoms. The normalized spacial score (nSPS) is 18.4. The van der Waals surface area contributed by atoms with Crippen molar-refractivity contribution in [1.82, 2.24) is 9.97 Å². The maximum Gasteiger partial charge on any atom is 0.222 e. The van der Waals surface area contributed by atoms with Gasteiger partial charge >= 0.3 is 0 Å². The Labute approximate surface area is 107 Å². The Balaban J connectivity index is 2.11. The van der Waals surface area contributed by atoms with Crippen LogP contribution in [0.2, 0.25) is 0 Å². The third-order valence-electron chi connectivity index (χ3n) is 3.58. The van der Waals surface area contributed by atoms with Crippen LogP contribution in [0.3, 0.4) is 0 Å². The molecule has 0 amide bonds. The lowest BCUT2D eigenvalue weighted by Crippen LogP contribution is -2.24. The van der Waals surface area contributed by atoms with Crippen LogP contribution in [-0.2, 0) is 0 Å². The first kappa shape index (κ1) is 11.3. The van der Waals surface area contributed by atoms with E-state index < -0.39 is 0 Å². The molecule has 0 spiro atoms. The van der Waals surface area contributed by atoms with Gasteiger partial charge in [-0.15, -0.1) is 0 Å². The minimum absolute atomic E-state index is 0.348. The zero-order valence-electron chi connectivity index (χ0n) is 10.8. The summed E-state index contributed by atoms with van der Waals surface area (Å²) >= 11 is 0. The highest BCUT2D eigenvalue weighted by Gasteiger charge is 2.30.